The predicted molar refractivity (Wildman–Crippen MR) is 109 cm³/mol. The normalized spacial score (nSPS) is 20.0. The number of likely N-dealkylation sites (tertiary alicyclic amines) is 1. The summed E-state index contributed by atoms with van der Waals surface area (Å²) in [6.45, 7) is 0.909. The number of nitrogens with one attached hydrogen (secondary N) is 2. The monoisotopic (exact) mass is 428 g/mol. The third-order valence-corrected chi connectivity index (χ3v) is 6.01. The summed E-state index contributed by atoms with van der Waals surface area (Å²) >= 11 is 7.47. The van der Waals surface area contributed by atoms with Gasteiger partial charge in [-0.2, -0.15) is 5.26 Å². The van der Waals surface area contributed by atoms with Gasteiger partial charge in [-0.05, 0) is 54.4 Å². The van der Waals surface area contributed by atoms with Gasteiger partial charge in [0, 0.05) is 28.4 Å². The van der Waals surface area contributed by atoms with E-state index in [1.807, 2.05) is 12.1 Å². The summed E-state index contributed by atoms with van der Waals surface area (Å²) in [5.74, 6) is -0.0822. The molecule has 1 saturated heterocycles. The number of ether oxygens (including phenoxy) is 1. The molecule has 4 rings (SSSR count). The minimum absolute atomic E-state index is 0.0822. The summed E-state index contributed by atoms with van der Waals surface area (Å²) in [6.07, 6.45) is -0.00829. The third kappa shape index (κ3) is 4.03. The van der Waals surface area contributed by atoms with Crippen LogP contribution in [-0.4, -0.2) is 36.5 Å². The van der Waals surface area contributed by atoms with Crippen molar-refractivity contribution in [2.24, 2.45) is 0 Å². The van der Waals surface area contributed by atoms with Crippen molar-refractivity contribution >= 4 is 41.2 Å². The number of fused-ring (bicyclic) bond motifs is 2. The molecule has 2 amide bonds. The van der Waals surface area contributed by atoms with Crippen LogP contribution in [-0.2, 0) is 15.1 Å². The molecule has 9 heteroatoms. The Balaban J connectivity index is 1.39. The largest absolute Gasteiger partial charge is 0.436 e. The fraction of sp³-hybridized carbons (Fsp3) is 0.250. The first-order chi connectivity index (χ1) is 14.0. The summed E-state index contributed by atoms with van der Waals surface area (Å²) < 4.78 is 8.68. The van der Waals surface area contributed by atoms with Crippen LogP contribution in [0.25, 0.3) is 0 Å². The van der Waals surface area contributed by atoms with Crippen LogP contribution in [0.3, 0.4) is 0 Å². The van der Waals surface area contributed by atoms with E-state index < -0.39 is 11.7 Å². The van der Waals surface area contributed by atoms with Crippen LogP contribution in [0.15, 0.2) is 47.4 Å². The third-order valence-electron chi connectivity index (χ3n) is 4.98. The smallest absolute Gasteiger partial charge is 0.412 e. The molecule has 2 N–H and O–H groups in total. The van der Waals surface area contributed by atoms with Crippen molar-refractivity contribution in [3.8, 4) is 6.07 Å². The molecule has 7 nitrogen and oxygen atoms in total. The van der Waals surface area contributed by atoms with Crippen LogP contribution in [0.5, 0.6) is 0 Å². The van der Waals surface area contributed by atoms with Gasteiger partial charge in [-0.1, -0.05) is 11.6 Å². The first kappa shape index (κ1) is 19.6. The molecule has 2 heterocycles. The Hall–Kier alpha value is -2.73. The number of nitrogens with zero attached hydrogens (tertiary/aromatic N) is 2. The van der Waals surface area contributed by atoms with Crippen LogP contribution in [0.2, 0.25) is 5.02 Å². The van der Waals surface area contributed by atoms with Crippen LogP contribution < -0.4 is 10.0 Å². The van der Waals surface area contributed by atoms with E-state index in [1.54, 1.807) is 35.2 Å². The molecular formula is C20H17ClN4O3S. The zero-order valence-electron chi connectivity index (χ0n) is 15.3. The average molecular weight is 429 g/mol. The second-order valence-corrected chi connectivity index (χ2v) is 8.22. The molecule has 1 spiro atoms. The van der Waals surface area contributed by atoms with E-state index in [0.717, 1.165) is 10.5 Å². The number of anilines is 1. The Bertz CT molecular complexity index is 1010. The number of amides is 2. The van der Waals surface area contributed by atoms with Crippen LogP contribution in [0.1, 0.15) is 17.5 Å². The first-order valence-electron chi connectivity index (χ1n) is 8.97. The Morgan fingerprint density at radius 1 is 1.34 bits per heavy atom. The molecule has 0 saturated carbocycles. The van der Waals surface area contributed by atoms with Gasteiger partial charge in [0.2, 0.25) is 5.91 Å². The number of nitriles is 1. The molecule has 0 bridgehead atoms. The molecule has 0 radical (unpaired) electrons. The maximum absolute atomic E-state index is 12.6. The number of hydrogen-bond donors (Lipinski definition) is 2. The molecule has 2 aromatic rings. The second-order valence-electron chi connectivity index (χ2n) is 6.82. The van der Waals surface area contributed by atoms with Crippen molar-refractivity contribution in [1.29, 1.82) is 5.26 Å². The highest BCUT2D eigenvalue weighted by Crippen LogP contribution is 2.43. The van der Waals surface area contributed by atoms with Crippen molar-refractivity contribution in [1.82, 2.24) is 9.62 Å². The lowest BCUT2D eigenvalue weighted by Crippen LogP contribution is -2.43. The van der Waals surface area contributed by atoms with Crippen molar-refractivity contribution in [3.05, 3.63) is 58.6 Å². The molecular weight excluding hydrogens is 412 g/mol. The average Bonchev–Trinajstić information content (AvgIpc) is 3.13. The Morgan fingerprint density at radius 2 is 2.14 bits per heavy atom. The number of carbonyl (C=O) groups excluding carboxylic acids is 2. The van der Waals surface area contributed by atoms with Crippen LogP contribution in [0.4, 0.5) is 10.5 Å². The lowest BCUT2D eigenvalue weighted by molar-refractivity contribution is -0.129. The molecule has 148 valence electrons. The fourth-order valence-electron chi connectivity index (χ4n) is 3.56. The molecule has 1 fully saturated rings. The highest BCUT2D eigenvalue weighted by Gasteiger charge is 2.48. The zero-order chi connectivity index (χ0) is 20.4. The van der Waals surface area contributed by atoms with Crippen molar-refractivity contribution in [2.45, 2.75) is 16.9 Å². The number of rotatable bonds is 4. The number of halogens is 1. The van der Waals surface area contributed by atoms with Crippen molar-refractivity contribution in [2.75, 3.05) is 25.0 Å². The lowest BCUT2D eigenvalue weighted by Gasteiger charge is -2.35. The van der Waals surface area contributed by atoms with Crippen molar-refractivity contribution < 1.29 is 14.3 Å². The maximum Gasteiger partial charge on any atom is 0.412 e. The quantitative estimate of drug-likeness (QED) is 0.724. The molecule has 0 aromatic heterocycles. The van der Waals surface area contributed by atoms with E-state index in [-0.39, 0.29) is 19.0 Å². The van der Waals surface area contributed by atoms with Gasteiger partial charge in [0.15, 0.2) is 5.60 Å². The van der Waals surface area contributed by atoms with Crippen LogP contribution in [0, 0.1) is 11.3 Å². The standard InChI is InChI=1S/C20H17ClN4O3S/c21-14-3-6-17-16(9-14)20(28-19(27)24-17)7-8-25(12-20)18(26)11-23-29-15-4-1-13(10-22)2-5-15/h1-6,9,23H,7-8,11-12H2,(H,24,27). The topological polar surface area (TPSA) is 94.5 Å². The second kappa shape index (κ2) is 7.95. The molecule has 1 atom stereocenters. The van der Waals surface area contributed by atoms with E-state index in [4.69, 9.17) is 21.6 Å². The summed E-state index contributed by atoms with van der Waals surface area (Å²) in [5.41, 5.74) is 1.16. The van der Waals surface area contributed by atoms with Gasteiger partial charge < -0.3 is 9.64 Å². The highest BCUT2D eigenvalue weighted by molar-refractivity contribution is 7.97. The summed E-state index contributed by atoms with van der Waals surface area (Å²) in [6, 6.07) is 14.4. The van der Waals surface area contributed by atoms with E-state index in [1.165, 1.54) is 11.9 Å². The molecule has 1 unspecified atom stereocenters. The molecule has 2 aliphatic rings. The van der Waals surface area contributed by atoms with Gasteiger partial charge in [0.25, 0.3) is 0 Å². The number of carbonyl (C=O) groups is 2. The molecule has 29 heavy (non-hydrogen) atoms. The minimum Gasteiger partial charge on any atom is -0.436 e. The van der Waals surface area contributed by atoms with Gasteiger partial charge in [-0.3, -0.25) is 14.8 Å². The Morgan fingerprint density at radius 3 is 2.90 bits per heavy atom. The predicted octanol–water partition coefficient (Wildman–Crippen LogP) is 3.50. The minimum atomic E-state index is -0.876. The van der Waals surface area contributed by atoms with Gasteiger partial charge >= 0.3 is 6.09 Å². The number of hydrogen-bond acceptors (Lipinski definition) is 6. The Kier molecular flexibility index (Phi) is 5.37. The molecule has 2 aliphatic heterocycles. The fourth-order valence-corrected chi connectivity index (χ4v) is 4.37. The van der Waals surface area contributed by atoms with Gasteiger partial charge in [0.1, 0.15) is 0 Å². The summed E-state index contributed by atoms with van der Waals surface area (Å²) in [5, 5.41) is 12.1. The first-order valence-corrected chi connectivity index (χ1v) is 10.2. The van der Waals surface area contributed by atoms with Crippen molar-refractivity contribution in [3.63, 3.8) is 0 Å². The maximum atomic E-state index is 12.6. The van der Waals surface area contributed by atoms with Gasteiger partial charge in [-0.25, -0.2) is 4.79 Å². The number of benzene rings is 2. The van der Waals surface area contributed by atoms with E-state index in [2.05, 4.69) is 16.1 Å². The SMILES string of the molecule is N#Cc1ccc(SNCC(=O)N2CCC3(C2)OC(=O)Nc2ccc(Cl)cc23)cc1. The Labute approximate surface area is 177 Å². The summed E-state index contributed by atoms with van der Waals surface area (Å²) in [4.78, 5) is 27.3. The molecule has 0 aliphatic carbocycles. The molecule has 2 aromatic carbocycles. The van der Waals surface area contributed by atoms with E-state index >= 15 is 0 Å². The highest BCUT2D eigenvalue weighted by atomic mass is 35.5. The van der Waals surface area contributed by atoms with E-state index in [9.17, 15) is 9.59 Å². The van der Waals surface area contributed by atoms with Gasteiger partial charge in [0.05, 0.1) is 30.4 Å². The van der Waals surface area contributed by atoms with Crippen LogP contribution >= 0.6 is 23.5 Å². The zero-order valence-corrected chi connectivity index (χ0v) is 16.8. The van der Waals surface area contributed by atoms with E-state index in [0.29, 0.717) is 29.2 Å². The lowest BCUT2D eigenvalue weighted by atomic mass is 9.90. The van der Waals surface area contributed by atoms with Gasteiger partial charge in [-0.15, -0.1) is 0 Å². The summed E-state index contributed by atoms with van der Waals surface area (Å²) in [7, 11) is 0.